The topological polar surface area (TPSA) is 142 Å². The van der Waals surface area contributed by atoms with Gasteiger partial charge in [0.2, 0.25) is 5.95 Å². The molecule has 13 heteroatoms. The number of pyridine rings is 1. The maximum Gasteiger partial charge on any atom is 0.320 e. The van der Waals surface area contributed by atoms with Crippen LogP contribution in [-0.2, 0) is 16.8 Å². The van der Waals surface area contributed by atoms with Gasteiger partial charge in [-0.3, -0.25) is 14.5 Å². The molecule has 13 nitrogen and oxygen atoms in total. The Balaban J connectivity index is 0.00000145. The lowest BCUT2D eigenvalue weighted by Gasteiger charge is -2.33. The largest absolute Gasteiger partial charge is 0.484 e. The van der Waals surface area contributed by atoms with Crippen LogP contribution in [0.15, 0.2) is 48.7 Å². The number of carbonyl (C=O) groups is 2. The van der Waals surface area contributed by atoms with E-state index in [1.807, 2.05) is 48.1 Å². The molecule has 1 fully saturated rings. The minimum Gasteiger partial charge on any atom is -0.484 e. The number of nitrogens with one attached hydrogen (secondary N) is 2. The number of anilines is 2. The normalized spacial score (nSPS) is 18.2. The molecule has 2 aliphatic rings. The monoisotopic (exact) mass is 659 g/mol. The Morgan fingerprint density at radius 2 is 1.77 bits per heavy atom. The molecular formula is C35H49N9O4. The van der Waals surface area contributed by atoms with Crippen LogP contribution in [0.2, 0.25) is 0 Å². The van der Waals surface area contributed by atoms with E-state index >= 15 is 0 Å². The molecule has 6 rings (SSSR count). The van der Waals surface area contributed by atoms with E-state index in [4.69, 9.17) is 14.6 Å². The van der Waals surface area contributed by atoms with Crippen LogP contribution in [0.3, 0.4) is 0 Å². The minimum atomic E-state index is -0.250. The molecule has 1 aromatic carbocycles. The molecule has 258 valence electrons. The van der Waals surface area contributed by atoms with Crippen LogP contribution in [0.4, 0.5) is 16.6 Å². The summed E-state index contributed by atoms with van der Waals surface area (Å²) in [5.41, 5.74) is 3.83. The summed E-state index contributed by atoms with van der Waals surface area (Å²) in [7, 11) is 4.29. The first-order chi connectivity index (χ1) is 23.0. The number of aromatic nitrogens is 5. The van der Waals surface area contributed by atoms with Gasteiger partial charge in [-0.2, -0.15) is 5.10 Å². The number of benzene rings is 1. The van der Waals surface area contributed by atoms with Gasteiger partial charge < -0.3 is 25.0 Å². The van der Waals surface area contributed by atoms with Crippen LogP contribution < -0.4 is 20.3 Å². The van der Waals surface area contributed by atoms with Crippen molar-refractivity contribution in [2.24, 2.45) is 5.92 Å². The molecule has 3 N–H and O–H groups in total. The molecule has 4 aromatic rings. The van der Waals surface area contributed by atoms with Crippen molar-refractivity contribution in [2.45, 2.75) is 77.5 Å². The van der Waals surface area contributed by atoms with Gasteiger partial charge in [0.15, 0.2) is 5.65 Å². The molecular weight excluding hydrogens is 610 g/mol. The fourth-order valence-electron chi connectivity index (χ4n) is 6.60. The zero-order valence-electron chi connectivity index (χ0n) is 28.9. The second-order valence-electron chi connectivity index (χ2n) is 13.8. The number of piperidine rings is 1. The Bertz CT molecular complexity index is 1680. The van der Waals surface area contributed by atoms with Crippen LogP contribution >= 0.6 is 0 Å². The standard InChI is InChI=1S/C34H47N9O2.CH2O2/c1-7-43-31(20-29(39-43)34(2,3)4)36-32(44)35-27-13-14-28(26-11-9-8-10-25(26)27)45-24-12-15-30-37-38-33(42(30)22-24)41-18-16-23(17-19-41)21-40(5)6;2-1-3/h8-12,15,20,22-23,27-28H,7,13-14,16-19,21H2,1-6H3,(H2,35,36,44);1H,(H,2,3)/t27-,28+;/m0./s1. The summed E-state index contributed by atoms with van der Waals surface area (Å²) in [6.45, 7) is 11.9. The maximum atomic E-state index is 13.2. The van der Waals surface area contributed by atoms with Crippen LogP contribution in [0.25, 0.3) is 5.65 Å². The molecule has 1 saturated heterocycles. The molecule has 2 atom stereocenters. The third-order valence-corrected chi connectivity index (χ3v) is 8.99. The van der Waals surface area contributed by atoms with Crippen molar-refractivity contribution in [3.63, 3.8) is 0 Å². The highest BCUT2D eigenvalue weighted by Crippen LogP contribution is 2.39. The van der Waals surface area contributed by atoms with Crippen LogP contribution in [0.5, 0.6) is 5.75 Å². The van der Waals surface area contributed by atoms with Gasteiger partial charge in [-0.1, -0.05) is 45.0 Å². The molecule has 0 radical (unpaired) electrons. The lowest BCUT2D eigenvalue weighted by molar-refractivity contribution is -0.122. The highest BCUT2D eigenvalue weighted by molar-refractivity contribution is 5.88. The van der Waals surface area contributed by atoms with Crippen molar-refractivity contribution in [1.29, 1.82) is 0 Å². The number of aryl methyl sites for hydroxylation is 1. The van der Waals surface area contributed by atoms with E-state index < -0.39 is 0 Å². The van der Waals surface area contributed by atoms with Crippen molar-refractivity contribution in [2.75, 3.05) is 43.9 Å². The van der Waals surface area contributed by atoms with Crippen LogP contribution in [-0.4, -0.2) is 80.6 Å². The number of hydrogen-bond acceptors (Lipinski definition) is 8. The first-order valence-electron chi connectivity index (χ1n) is 16.7. The van der Waals surface area contributed by atoms with E-state index in [9.17, 15) is 4.79 Å². The number of carboxylic acid groups (broad SMARTS) is 1. The summed E-state index contributed by atoms with van der Waals surface area (Å²) < 4.78 is 10.5. The van der Waals surface area contributed by atoms with Crippen molar-refractivity contribution in [3.8, 4) is 5.75 Å². The zero-order valence-corrected chi connectivity index (χ0v) is 28.9. The fourth-order valence-corrected chi connectivity index (χ4v) is 6.60. The molecule has 3 aromatic heterocycles. The predicted molar refractivity (Wildman–Crippen MR) is 186 cm³/mol. The summed E-state index contributed by atoms with van der Waals surface area (Å²) in [6.07, 6.45) is 5.72. The third-order valence-electron chi connectivity index (χ3n) is 8.99. The summed E-state index contributed by atoms with van der Waals surface area (Å²) in [5, 5.41) is 26.8. The maximum absolute atomic E-state index is 13.2. The molecule has 0 saturated carbocycles. The van der Waals surface area contributed by atoms with Gasteiger partial charge in [-0.05, 0) is 75.9 Å². The lowest BCUT2D eigenvalue weighted by atomic mass is 9.85. The summed E-state index contributed by atoms with van der Waals surface area (Å²) in [4.78, 5) is 26.2. The molecule has 0 spiro atoms. The number of rotatable bonds is 8. The molecule has 1 aliphatic carbocycles. The SMILES string of the molecule is CCn1nc(C(C)(C)C)cc1NC(=O)N[C@H]1CC[C@@H](Oc2ccc3nnc(N4CCC(CN(C)C)CC4)n3c2)c2ccccc21.O=CO. The summed E-state index contributed by atoms with van der Waals surface area (Å²) in [6, 6.07) is 13.8. The second kappa shape index (κ2) is 15.1. The number of ether oxygens (including phenoxy) is 1. The smallest absolute Gasteiger partial charge is 0.320 e. The van der Waals surface area contributed by atoms with E-state index in [1.165, 1.54) is 0 Å². The van der Waals surface area contributed by atoms with Crippen LogP contribution in [0.1, 0.15) is 82.3 Å². The quantitative estimate of drug-likeness (QED) is 0.209. The second-order valence-corrected chi connectivity index (χ2v) is 13.8. The first kappa shape index (κ1) is 34.7. The number of urea groups is 1. The lowest BCUT2D eigenvalue weighted by Crippen LogP contribution is -2.38. The molecule has 4 heterocycles. The van der Waals surface area contributed by atoms with E-state index in [-0.39, 0.29) is 30.1 Å². The third kappa shape index (κ3) is 8.07. The van der Waals surface area contributed by atoms with E-state index in [0.29, 0.717) is 18.3 Å². The Morgan fingerprint density at radius 3 is 2.44 bits per heavy atom. The molecule has 0 unspecified atom stereocenters. The first-order valence-corrected chi connectivity index (χ1v) is 16.7. The Labute approximate surface area is 282 Å². The van der Waals surface area contributed by atoms with Crippen molar-refractivity contribution in [3.05, 3.63) is 65.5 Å². The van der Waals surface area contributed by atoms with Gasteiger partial charge in [-0.15, -0.1) is 10.2 Å². The van der Waals surface area contributed by atoms with Crippen LogP contribution in [0, 0.1) is 5.92 Å². The van der Waals surface area contributed by atoms with Crippen molar-refractivity contribution < 1.29 is 19.4 Å². The number of carbonyl (C=O) groups excluding carboxylic acids is 1. The number of fused-ring (bicyclic) bond motifs is 2. The predicted octanol–water partition coefficient (Wildman–Crippen LogP) is 5.50. The van der Waals surface area contributed by atoms with Gasteiger partial charge in [-0.25, -0.2) is 9.48 Å². The van der Waals surface area contributed by atoms with E-state index in [0.717, 1.165) is 79.5 Å². The Hall–Kier alpha value is -4.65. The summed E-state index contributed by atoms with van der Waals surface area (Å²) >= 11 is 0. The van der Waals surface area contributed by atoms with Gasteiger partial charge in [0.1, 0.15) is 17.7 Å². The zero-order chi connectivity index (χ0) is 34.4. The molecule has 1 aliphatic heterocycles. The fraction of sp³-hybridized carbons (Fsp3) is 0.514. The van der Waals surface area contributed by atoms with Gasteiger partial charge in [0.25, 0.3) is 6.47 Å². The molecule has 48 heavy (non-hydrogen) atoms. The average molecular weight is 660 g/mol. The van der Waals surface area contributed by atoms with E-state index in [2.05, 4.69) is 87.1 Å². The average Bonchev–Trinajstić information content (AvgIpc) is 3.67. The Kier molecular flexibility index (Phi) is 10.9. The van der Waals surface area contributed by atoms with Gasteiger partial charge in [0, 0.05) is 37.7 Å². The number of nitrogens with zero attached hydrogens (tertiary/aromatic N) is 7. The highest BCUT2D eigenvalue weighted by atomic mass is 16.5. The van der Waals surface area contributed by atoms with Crippen molar-refractivity contribution in [1.82, 2.24) is 34.6 Å². The molecule has 0 bridgehead atoms. The highest BCUT2D eigenvalue weighted by Gasteiger charge is 2.30. The Morgan fingerprint density at radius 1 is 1.06 bits per heavy atom. The molecule has 2 amide bonds. The van der Waals surface area contributed by atoms with Gasteiger partial charge >= 0.3 is 6.03 Å². The van der Waals surface area contributed by atoms with Gasteiger partial charge in [0.05, 0.1) is 17.9 Å². The summed E-state index contributed by atoms with van der Waals surface area (Å²) in [5.74, 6) is 3.06. The minimum absolute atomic E-state index is 0.103. The number of hydrogen-bond donors (Lipinski definition) is 3. The number of amides is 2. The van der Waals surface area contributed by atoms with E-state index in [1.54, 1.807) is 0 Å². The van der Waals surface area contributed by atoms with Crippen molar-refractivity contribution >= 4 is 29.9 Å².